The predicted octanol–water partition coefficient (Wildman–Crippen LogP) is 2.96. The minimum absolute atomic E-state index is 0.598. The first kappa shape index (κ1) is 10.6. The van der Waals surface area contributed by atoms with Crippen LogP contribution in [0.15, 0.2) is 42.5 Å². The van der Waals surface area contributed by atoms with Crippen LogP contribution in [0.2, 0.25) is 0 Å². The van der Waals surface area contributed by atoms with E-state index in [1.807, 2.05) is 0 Å². The fourth-order valence-electron chi connectivity index (χ4n) is 2.57. The normalized spacial score (nSPS) is 20.9. The molecule has 2 nitrogen and oxygen atoms in total. The van der Waals surface area contributed by atoms with E-state index in [9.17, 15) is 0 Å². The molecule has 2 aromatic rings. The molecule has 0 radical (unpaired) electrons. The smallest absolute Gasteiger partial charge is 0.0400 e. The molecule has 1 aliphatic heterocycles. The van der Waals surface area contributed by atoms with Crippen molar-refractivity contribution in [3.63, 3.8) is 0 Å². The van der Waals surface area contributed by atoms with Crippen molar-refractivity contribution in [1.29, 1.82) is 0 Å². The van der Waals surface area contributed by atoms with Crippen molar-refractivity contribution in [2.75, 3.05) is 25.5 Å². The Bertz CT molecular complexity index is 521. The maximum atomic E-state index is 3.62. The summed E-state index contributed by atoms with van der Waals surface area (Å²) in [6.45, 7) is 2.35. The third-order valence-corrected chi connectivity index (χ3v) is 3.51. The summed E-state index contributed by atoms with van der Waals surface area (Å²) < 4.78 is 0. The zero-order valence-electron chi connectivity index (χ0n) is 10.2. The molecule has 1 atom stereocenters. The van der Waals surface area contributed by atoms with Crippen LogP contribution in [0.3, 0.4) is 0 Å². The topological polar surface area (TPSA) is 15.3 Å². The second-order valence-corrected chi connectivity index (χ2v) is 4.95. The molecule has 0 spiro atoms. The van der Waals surface area contributed by atoms with Gasteiger partial charge in [-0.15, -0.1) is 0 Å². The molecule has 0 aromatic heterocycles. The molecule has 0 amide bonds. The van der Waals surface area contributed by atoms with Crippen molar-refractivity contribution < 1.29 is 0 Å². The standard InChI is InChI=1S/C15H18N2/c1-17-9-8-15(11-17)16-14-7-6-12-4-2-3-5-13(12)10-14/h2-7,10,15-16H,8-9,11H2,1H3. The Morgan fingerprint density at radius 2 is 1.94 bits per heavy atom. The maximum Gasteiger partial charge on any atom is 0.0400 e. The minimum atomic E-state index is 0.598. The largest absolute Gasteiger partial charge is 0.381 e. The molecular formula is C15H18N2. The van der Waals surface area contributed by atoms with Crippen LogP contribution in [-0.2, 0) is 0 Å². The number of nitrogens with zero attached hydrogens (tertiary/aromatic N) is 1. The van der Waals surface area contributed by atoms with Gasteiger partial charge in [-0.3, -0.25) is 0 Å². The summed E-state index contributed by atoms with van der Waals surface area (Å²) in [5.74, 6) is 0. The highest BCUT2D eigenvalue weighted by molar-refractivity contribution is 5.85. The monoisotopic (exact) mass is 226 g/mol. The van der Waals surface area contributed by atoms with Crippen molar-refractivity contribution in [2.24, 2.45) is 0 Å². The van der Waals surface area contributed by atoms with Crippen LogP contribution in [0, 0.1) is 0 Å². The van der Waals surface area contributed by atoms with Crippen molar-refractivity contribution in [1.82, 2.24) is 4.90 Å². The summed E-state index contributed by atoms with van der Waals surface area (Å²) in [5, 5.41) is 6.24. The molecule has 88 valence electrons. The number of rotatable bonds is 2. The van der Waals surface area contributed by atoms with E-state index in [1.54, 1.807) is 0 Å². The predicted molar refractivity (Wildman–Crippen MR) is 73.5 cm³/mol. The highest BCUT2D eigenvalue weighted by Gasteiger charge is 2.18. The van der Waals surface area contributed by atoms with Gasteiger partial charge in [-0.25, -0.2) is 0 Å². The quantitative estimate of drug-likeness (QED) is 0.847. The summed E-state index contributed by atoms with van der Waals surface area (Å²) in [6.07, 6.45) is 1.24. The van der Waals surface area contributed by atoms with Gasteiger partial charge in [-0.05, 0) is 42.9 Å². The van der Waals surface area contributed by atoms with E-state index in [4.69, 9.17) is 0 Å². The van der Waals surface area contributed by atoms with Crippen LogP contribution in [0.5, 0.6) is 0 Å². The third-order valence-electron chi connectivity index (χ3n) is 3.51. The molecule has 1 saturated heterocycles. The van der Waals surface area contributed by atoms with Crippen molar-refractivity contribution in [3.8, 4) is 0 Å². The summed E-state index contributed by atoms with van der Waals surface area (Å²) in [7, 11) is 2.18. The lowest BCUT2D eigenvalue weighted by Gasteiger charge is -2.14. The van der Waals surface area contributed by atoms with Crippen molar-refractivity contribution in [3.05, 3.63) is 42.5 Å². The minimum Gasteiger partial charge on any atom is -0.381 e. The van der Waals surface area contributed by atoms with Gasteiger partial charge >= 0.3 is 0 Å². The van der Waals surface area contributed by atoms with E-state index in [2.05, 4.69) is 59.7 Å². The van der Waals surface area contributed by atoms with Crippen molar-refractivity contribution in [2.45, 2.75) is 12.5 Å². The Morgan fingerprint density at radius 3 is 2.71 bits per heavy atom. The lowest BCUT2D eigenvalue weighted by atomic mass is 10.1. The summed E-state index contributed by atoms with van der Waals surface area (Å²) >= 11 is 0. The summed E-state index contributed by atoms with van der Waals surface area (Å²) in [4.78, 5) is 2.37. The Balaban J connectivity index is 1.81. The van der Waals surface area contributed by atoms with Crippen LogP contribution in [-0.4, -0.2) is 31.1 Å². The second-order valence-electron chi connectivity index (χ2n) is 4.95. The molecule has 0 saturated carbocycles. The Morgan fingerprint density at radius 1 is 1.12 bits per heavy atom. The molecule has 1 fully saturated rings. The molecule has 0 bridgehead atoms. The molecule has 17 heavy (non-hydrogen) atoms. The van der Waals surface area contributed by atoms with Gasteiger partial charge in [-0.2, -0.15) is 0 Å². The Kier molecular flexibility index (Phi) is 2.73. The number of hydrogen-bond acceptors (Lipinski definition) is 2. The molecule has 1 heterocycles. The SMILES string of the molecule is CN1CCC(Nc2ccc3ccccc3c2)C1. The number of anilines is 1. The molecule has 0 aliphatic carbocycles. The van der Waals surface area contributed by atoms with Gasteiger partial charge in [0.25, 0.3) is 0 Å². The maximum absolute atomic E-state index is 3.62. The number of hydrogen-bond donors (Lipinski definition) is 1. The van der Waals surface area contributed by atoms with E-state index in [0.717, 1.165) is 6.54 Å². The zero-order valence-corrected chi connectivity index (χ0v) is 10.2. The molecule has 1 N–H and O–H groups in total. The van der Waals surface area contributed by atoms with Crippen molar-refractivity contribution >= 4 is 16.5 Å². The van der Waals surface area contributed by atoms with Gasteiger partial charge in [-0.1, -0.05) is 30.3 Å². The van der Waals surface area contributed by atoms with E-state index in [1.165, 1.54) is 29.4 Å². The van der Waals surface area contributed by atoms with E-state index >= 15 is 0 Å². The number of nitrogens with one attached hydrogen (secondary N) is 1. The molecule has 3 rings (SSSR count). The average molecular weight is 226 g/mol. The lowest BCUT2D eigenvalue weighted by molar-refractivity contribution is 0.414. The van der Waals surface area contributed by atoms with E-state index in [0.29, 0.717) is 6.04 Å². The molecular weight excluding hydrogens is 208 g/mol. The van der Waals surface area contributed by atoms with Gasteiger partial charge in [0.1, 0.15) is 0 Å². The molecule has 1 aliphatic rings. The van der Waals surface area contributed by atoms with Gasteiger partial charge in [0, 0.05) is 18.3 Å². The zero-order chi connectivity index (χ0) is 11.7. The van der Waals surface area contributed by atoms with Crippen LogP contribution in [0.25, 0.3) is 10.8 Å². The third kappa shape index (κ3) is 2.27. The number of benzene rings is 2. The second kappa shape index (κ2) is 4.38. The van der Waals surface area contributed by atoms with Gasteiger partial charge < -0.3 is 10.2 Å². The molecule has 1 unspecified atom stereocenters. The fourth-order valence-corrected chi connectivity index (χ4v) is 2.57. The summed E-state index contributed by atoms with van der Waals surface area (Å²) in [5.41, 5.74) is 1.24. The summed E-state index contributed by atoms with van der Waals surface area (Å²) in [6, 6.07) is 15.7. The molecule has 2 heteroatoms. The number of likely N-dealkylation sites (N-methyl/N-ethyl adjacent to an activating group) is 1. The Hall–Kier alpha value is -1.54. The Labute approximate surface area is 102 Å². The van der Waals surface area contributed by atoms with Gasteiger partial charge in [0.2, 0.25) is 0 Å². The number of likely N-dealkylation sites (tertiary alicyclic amines) is 1. The van der Waals surface area contributed by atoms with Crippen LogP contribution < -0.4 is 5.32 Å². The van der Waals surface area contributed by atoms with Crippen LogP contribution in [0.1, 0.15) is 6.42 Å². The lowest BCUT2D eigenvalue weighted by Crippen LogP contribution is -2.23. The number of fused-ring (bicyclic) bond motifs is 1. The van der Waals surface area contributed by atoms with Crippen LogP contribution >= 0.6 is 0 Å². The molecule has 2 aromatic carbocycles. The van der Waals surface area contributed by atoms with Gasteiger partial charge in [0.05, 0.1) is 0 Å². The first-order valence-corrected chi connectivity index (χ1v) is 6.25. The van der Waals surface area contributed by atoms with E-state index in [-0.39, 0.29) is 0 Å². The van der Waals surface area contributed by atoms with E-state index < -0.39 is 0 Å². The highest BCUT2D eigenvalue weighted by Crippen LogP contribution is 2.21. The fraction of sp³-hybridized carbons (Fsp3) is 0.333. The average Bonchev–Trinajstić information content (AvgIpc) is 2.75. The first-order valence-electron chi connectivity index (χ1n) is 6.25. The van der Waals surface area contributed by atoms with Crippen LogP contribution in [0.4, 0.5) is 5.69 Å². The highest BCUT2D eigenvalue weighted by atomic mass is 15.2. The van der Waals surface area contributed by atoms with Gasteiger partial charge in [0.15, 0.2) is 0 Å². The first-order chi connectivity index (χ1) is 8.31.